The van der Waals surface area contributed by atoms with Crippen LogP contribution in [0.4, 0.5) is 0 Å². The summed E-state index contributed by atoms with van der Waals surface area (Å²) in [6.45, 7) is 31.4. The van der Waals surface area contributed by atoms with Crippen molar-refractivity contribution in [1.82, 2.24) is 0 Å². The summed E-state index contributed by atoms with van der Waals surface area (Å²) in [6, 6.07) is 0. The summed E-state index contributed by atoms with van der Waals surface area (Å²) in [5.74, 6) is 0. The standard InChI is InChI=1S/C15H20.3C2H6/c1-12(2)7-9-14(5)11-15(6)10-8-13(3)4;3*1-2/h7-10H,1,3,5-6,11H2,2,4H3;3*1-2H3/b9-7-,10-8-;;;. The normalized spacial score (nSPS) is 8.57. The molecule has 0 aromatic heterocycles. The van der Waals surface area contributed by atoms with Crippen LogP contribution in [0.5, 0.6) is 0 Å². The van der Waals surface area contributed by atoms with E-state index in [1.807, 2.05) is 79.7 Å². The molecule has 0 fully saturated rings. The lowest BCUT2D eigenvalue weighted by atomic mass is 10.1. The predicted octanol–water partition coefficient (Wildman–Crippen LogP) is 7.83. The first kappa shape index (κ1) is 27.7. The highest BCUT2D eigenvalue weighted by Crippen LogP contribution is 2.11. The molecule has 0 heterocycles. The fraction of sp³-hybridized carbons (Fsp3) is 0.429. The van der Waals surface area contributed by atoms with Gasteiger partial charge in [-0.05, 0) is 20.3 Å². The third-order valence-electron chi connectivity index (χ3n) is 1.66. The second-order valence-corrected chi connectivity index (χ2v) is 3.85. The van der Waals surface area contributed by atoms with E-state index < -0.39 is 0 Å². The molecule has 0 aliphatic heterocycles. The smallest absolute Gasteiger partial charge is 0.00375 e. The van der Waals surface area contributed by atoms with Gasteiger partial charge in [-0.15, -0.1) is 0 Å². The zero-order valence-electron chi connectivity index (χ0n) is 15.8. The van der Waals surface area contributed by atoms with E-state index in [9.17, 15) is 0 Å². The van der Waals surface area contributed by atoms with Crippen LogP contribution in [0.15, 0.2) is 72.9 Å². The molecule has 0 N–H and O–H groups in total. The highest BCUT2D eigenvalue weighted by Gasteiger charge is 1.91. The second kappa shape index (κ2) is 23.5. The van der Waals surface area contributed by atoms with Crippen molar-refractivity contribution in [3.63, 3.8) is 0 Å². The van der Waals surface area contributed by atoms with Crippen LogP contribution < -0.4 is 0 Å². The first-order valence-corrected chi connectivity index (χ1v) is 7.94. The molecule has 21 heavy (non-hydrogen) atoms. The molecule has 0 rings (SSSR count). The van der Waals surface area contributed by atoms with E-state index in [4.69, 9.17) is 0 Å². The number of hydrogen-bond acceptors (Lipinski definition) is 0. The van der Waals surface area contributed by atoms with Gasteiger partial charge < -0.3 is 0 Å². The predicted molar refractivity (Wildman–Crippen MR) is 105 cm³/mol. The zero-order valence-corrected chi connectivity index (χ0v) is 15.8. The molecule has 0 unspecified atom stereocenters. The molecule has 0 saturated carbocycles. The van der Waals surface area contributed by atoms with Crippen molar-refractivity contribution in [2.45, 2.75) is 61.8 Å². The van der Waals surface area contributed by atoms with Gasteiger partial charge in [-0.1, -0.05) is 114 Å². The minimum absolute atomic E-state index is 0.785. The van der Waals surface area contributed by atoms with Crippen molar-refractivity contribution in [2.75, 3.05) is 0 Å². The van der Waals surface area contributed by atoms with Gasteiger partial charge >= 0.3 is 0 Å². The average Bonchev–Trinajstić information content (AvgIpc) is 2.49. The largest absolute Gasteiger partial charge is 0.0961 e. The fourth-order valence-corrected chi connectivity index (χ4v) is 0.930. The highest BCUT2D eigenvalue weighted by atomic mass is 14.0. The van der Waals surface area contributed by atoms with E-state index in [0.29, 0.717) is 0 Å². The van der Waals surface area contributed by atoms with Gasteiger partial charge in [0, 0.05) is 0 Å². The average molecular weight is 291 g/mol. The van der Waals surface area contributed by atoms with Gasteiger partial charge in [0.1, 0.15) is 0 Å². The Bertz CT molecular complexity index is 301. The monoisotopic (exact) mass is 290 g/mol. The summed E-state index contributed by atoms with van der Waals surface area (Å²) in [5.41, 5.74) is 4.13. The molecule has 0 nitrogen and oxygen atoms in total. The Labute approximate surface area is 135 Å². The summed E-state index contributed by atoms with van der Waals surface area (Å²) in [7, 11) is 0. The Hall–Kier alpha value is -1.56. The van der Waals surface area contributed by atoms with Crippen LogP contribution in [-0.4, -0.2) is 0 Å². The molecule has 0 radical (unpaired) electrons. The first-order chi connectivity index (χ1) is 9.91. The van der Waals surface area contributed by atoms with Gasteiger partial charge in [0.15, 0.2) is 0 Å². The van der Waals surface area contributed by atoms with Crippen molar-refractivity contribution in [2.24, 2.45) is 0 Å². The molecule has 0 saturated heterocycles. The summed E-state index contributed by atoms with van der Waals surface area (Å²) in [5, 5.41) is 0. The molecule has 0 aromatic carbocycles. The minimum Gasteiger partial charge on any atom is -0.0961 e. The van der Waals surface area contributed by atoms with Crippen LogP contribution in [0.25, 0.3) is 0 Å². The summed E-state index contributed by atoms with van der Waals surface area (Å²) in [4.78, 5) is 0. The summed E-state index contributed by atoms with van der Waals surface area (Å²) >= 11 is 0. The molecule has 0 heteroatoms. The van der Waals surface area contributed by atoms with Gasteiger partial charge in [-0.3, -0.25) is 0 Å². The Kier molecular flexibility index (Phi) is 31.1. The van der Waals surface area contributed by atoms with Gasteiger partial charge in [0.05, 0.1) is 0 Å². The van der Waals surface area contributed by atoms with Crippen molar-refractivity contribution in [3.05, 3.63) is 72.9 Å². The van der Waals surface area contributed by atoms with E-state index >= 15 is 0 Å². The molecule has 0 spiro atoms. The summed E-state index contributed by atoms with van der Waals surface area (Å²) in [6.07, 6.45) is 8.65. The number of rotatable bonds is 6. The van der Waals surface area contributed by atoms with E-state index in [-0.39, 0.29) is 0 Å². The van der Waals surface area contributed by atoms with Gasteiger partial charge in [-0.2, -0.15) is 0 Å². The van der Waals surface area contributed by atoms with Crippen LogP contribution in [-0.2, 0) is 0 Å². The molecule has 0 atom stereocenters. The van der Waals surface area contributed by atoms with E-state index in [0.717, 1.165) is 28.7 Å². The molecule has 0 amide bonds. The highest BCUT2D eigenvalue weighted by molar-refractivity contribution is 5.31. The maximum Gasteiger partial charge on any atom is -0.00375 e. The van der Waals surface area contributed by atoms with Gasteiger partial charge in [-0.25, -0.2) is 0 Å². The lowest BCUT2D eigenvalue weighted by Gasteiger charge is -2.00. The van der Waals surface area contributed by atoms with Crippen molar-refractivity contribution in [1.29, 1.82) is 0 Å². The lowest BCUT2D eigenvalue weighted by molar-refractivity contribution is 1.22. The molecule has 0 bridgehead atoms. The maximum absolute atomic E-state index is 3.95. The van der Waals surface area contributed by atoms with Crippen molar-refractivity contribution >= 4 is 0 Å². The van der Waals surface area contributed by atoms with Gasteiger partial charge in [0.25, 0.3) is 0 Å². The number of hydrogen-bond donors (Lipinski definition) is 0. The van der Waals surface area contributed by atoms with E-state index in [2.05, 4.69) is 26.3 Å². The molecule has 122 valence electrons. The van der Waals surface area contributed by atoms with Crippen molar-refractivity contribution in [3.8, 4) is 0 Å². The second-order valence-electron chi connectivity index (χ2n) is 3.85. The van der Waals surface area contributed by atoms with Crippen LogP contribution in [0.1, 0.15) is 61.8 Å². The van der Waals surface area contributed by atoms with E-state index in [1.165, 1.54) is 0 Å². The third-order valence-corrected chi connectivity index (χ3v) is 1.66. The molecular weight excluding hydrogens is 252 g/mol. The SMILES string of the molecule is C=C(C)/C=C\C(=C)CC(=C)/C=C\C(=C)C.CC.CC.CC. The molecule has 0 aromatic rings. The Morgan fingerprint density at radius 2 is 0.810 bits per heavy atom. The number of allylic oxidation sites excluding steroid dienone is 8. The minimum atomic E-state index is 0.785. The molecular formula is C21H38. The third kappa shape index (κ3) is 32.2. The lowest BCUT2D eigenvalue weighted by Crippen LogP contribution is -1.80. The van der Waals surface area contributed by atoms with Crippen LogP contribution in [0, 0.1) is 0 Å². The molecule has 0 aliphatic carbocycles. The van der Waals surface area contributed by atoms with Crippen LogP contribution in [0.2, 0.25) is 0 Å². The summed E-state index contributed by atoms with van der Waals surface area (Å²) < 4.78 is 0. The Balaban J connectivity index is -0.000000212. The van der Waals surface area contributed by atoms with Crippen molar-refractivity contribution < 1.29 is 0 Å². The van der Waals surface area contributed by atoms with Crippen LogP contribution in [0.3, 0.4) is 0 Å². The Morgan fingerprint density at radius 1 is 0.571 bits per heavy atom. The molecule has 0 aliphatic rings. The van der Waals surface area contributed by atoms with E-state index in [1.54, 1.807) is 0 Å². The Morgan fingerprint density at radius 3 is 1.00 bits per heavy atom. The fourth-order valence-electron chi connectivity index (χ4n) is 0.930. The topological polar surface area (TPSA) is 0 Å². The zero-order chi connectivity index (χ0) is 17.8. The maximum atomic E-state index is 3.95. The van der Waals surface area contributed by atoms with Crippen LogP contribution >= 0.6 is 0 Å². The van der Waals surface area contributed by atoms with Gasteiger partial charge in [0.2, 0.25) is 0 Å². The first-order valence-electron chi connectivity index (χ1n) is 7.94. The quantitative estimate of drug-likeness (QED) is 0.437.